The smallest absolute Gasteiger partial charge is 0.335 e. The molecule has 15 heavy (non-hydrogen) atoms. The molecule has 7 heteroatoms. The van der Waals surface area contributed by atoms with Crippen LogP contribution in [0.3, 0.4) is 0 Å². The van der Waals surface area contributed by atoms with Gasteiger partial charge in [0.05, 0.1) is 15.6 Å². The minimum absolute atomic E-state index is 0.0267. The van der Waals surface area contributed by atoms with Crippen molar-refractivity contribution in [1.29, 1.82) is 0 Å². The lowest BCUT2D eigenvalue weighted by atomic mass is 10.1. The molecule has 84 valence electrons. The molecule has 1 aromatic carbocycles. The molecular weight excluding hydrogens is 257 g/mol. The SMILES string of the molecule is Nc1cc(Cl)c(C(F)(F)C(F)F)c(Cl)c1. The summed E-state index contributed by atoms with van der Waals surface area (Å²) < 4.78 is 50.1. The van der Waals surface area contributed by atoms with Gasteiger partial charge in [-0.1, -0.05) is 23.2 Å². The molecule has 1 nitrogen and oxygen atoms in total. The molecule has 0 atom stereocenters. The first kappa shape index (κ1) is 12.4. The fraction of sp³-hybridized carbons (Fsp3) is 0.250. The number of rotatable bonds is 2. The van der Waals surface area contributed by atoms with Gasteiger partial charge in [0.2, 0.25) is 0 Å². The van der Waals surface area contributed by atoms with Crippen molar-refractivity contribution in [2.24, 2.45) is 0 Å². The number of hydrogen-bond acceptors (Lipinski definition) is 1. The Morgan fingerprint density at radius 2 is 1.53 bits per heavy atom. The zero-order valence-electron chi connectivity index (χ0n) is 7.08. The third kappa shape index (κ3) is 2.29. The molecule has 0 amide bonds. The lowest BCUT2D eigenvalue weighted by Gasteiger charge is -2.18. The van der Waals surface area contributed by atoms with E-state index in [0.717, 1.165) is 12.1 Å². The summed E-state index contributed by atoms with van der Waals surface area (Å²) in [5.41, 5.74) is 4.17. The van der Waals surface area contributed by atoms with Crippen LogP contribution in [0.4, 0.5) is 23.2 Å². The van der Waals surface area contributed by atoms with E-state index in [0.29, 0.717) is 0 Å². The second-order valence-electron chi connectivity index (χ2n) is 2.78. The Balaban J connectivity index is 3.38. The molecule has 0 fully saturated rings. The first-order chi connectivity index (χ1) is 6.76. The maximum Gasteiger partial charge on any atom is 0.335 e. The van der Waals surface area contributed by atoms with Crippen molar-refractivity contribution in [3.05, 3.63) is 27.7 Å². The van der Waals surface area contributed by atoms with Crippen LogP contribution in [0, 0.1) is 0 Å². The van der Waals surface area contributed by atoms with Gasteiger partial charge in [-0.25, -0.2) is 8.78 Å². The minimum Gasteiger partial charge on any atom is -0.399 e. The van der Waals surface area contributed by atoms with Crippen molar-refractivity contribution >= 4 is 28.9 Å². The van der Waals surface area contributed by atoms with Crippen molar-refractivity contribution in [3.63, 3.8) is 0 Å². The Hall–Kier alpha value is -0.680. The van der Waals surface area contributed by atoms with Gasteiger partial charge in [-0.3, -0.25) is 0 Å². The monoisotopic (exact) mass is 261 g/mol. The van der Waals surface area contributed by atoms with E-state index in [1.54, 1.807) is 0 Å². The minimum atomic E-state index is -4.39. The van der Waals surface area contributed by atoms with E-state index >= 15 is 0 Å². The van der Waals surface area contributed by atoms with E-state index in [9.17, 15) is 17.6 Å². The average Bonchev–Trinajstić information content (AvgIpc) is 2.00. The van der Waals surface area contributed by atoms with Crippen LogP contribution >= 0.6 is 23.2 Å². The van der Waals surface area contributed by atoms with E-state index in [4.69, 9.17) is 28.9 Å². The maximum absolute atomic E-state index is 13.0. The van der Waals surface area contributed by atoms with Crippen molar-refractivity contribution < 1.29 is 17.6 Å². The molecule has 0 aliphatic heterocycles. The highest BCUT2D eigenvalue weighted by atomic mass is 35.5. The Bertz CT molecular complexity index is 358. The fourth-order valence-electron chi connectivity index (χ4n) is 1.02. The standard InChI is InChI=1S/C8H5Cl2F4N/c9-4-1-3(15)2-5(10)6(4)8(13,14)7(11)12/h1-2,7H,15H2. The number of nitrogens with two attached hydrogens (primary N) is 1. The number of alkyl halides is 4. The highest BCUT2D eigenvalue weighted by molar-refractivity contribution is 6.36. The van der Waals surface area contributed by atoms with Crippen molar-refractivity contribution in [2.45, 2.75) is 12.3 Å². The molecule has 1 aromatic rings. The van der Waals surface area contributed by atoms with E-state index in [2.05, 4.69) is 0 Å². The van der Waals surface area contributed by atoms with E-state index in [1.807, 2.05) is 0 Å². The molecule has 0 aromatic heterocycles. The quantitative estimate of drug-likeness (QED) is 0.634. The molecule has 1 rings (SSSR count). The second kappa shape index (κ2) is 4.06. The summed E-state index contributed by atoms with van der Waals surface area (Å²) in [5.74, 6) is -4.39. The summed E-state index contributed by atoms with van der Waals surface area (Å²) in [6.07, 6.45) is -3.88. The van der Waals surface area contributed by atoms with Crippen LogP contribution in [0.2, 0.25) is 10.0 Å². The maximum atomic E-state index is 13.0. The van der Waals surface area contributed by atoms with Gasteiger partial charge in [-0.2, -0.15) is 8.78 Å². The first-order valence-electron chi connectivity index (χ1n) is 3.67. The lowest BCUT2D eigenvalue weighted by Crippen LogP contribution is -2.24. The van der Waals surface area contributed by atoms with Crippen LogP contribution in [-0.4, -0.2) is 6.43 Å². The van der Waals surface area contributed by atoms with Crippen LogP contribution in [0.15, 0.2) is 12.1 Å². The fourth-order valence-corrected chi connectivity index (χ4v) is 1.78. The number of hydrogen-bond donors (Lipinski definition) is 1. The predicted octanol–water partition coefficient (Wildman–Crippen LogP) is 3.93. The van der Waals surface area contributed by atoms with Crippen LogP contribution in [0.25, 0.3) is 0 Å². The molecule has 0 saturated carbocycles. The Labute approximate surface area is 92.8 Å². The van der Waals surface area contributed by atoms with Gasteiger partial charge < -0.3 is 5.73 Å². The molecule has 0 unspecified atom stereocenters. The van der Waals surface area contributed by atoms with Crippen molar-refractivity contribution in [3.8, 4) is 0 Å². The van der Waals surface area contributed by atoms with E-state index < -0.39 is 28.0 Å². The topological polar surface area (TPSA) is 26.0 Å². The zero-order chi connectivity index (χ0) is 11.8. The van der Waals surface area contributed by atoms with Gasteiger partial charge in [0.25, 0.3) is 0 Å². The van der Waals surface area contributed by atoms with Gasteiger partial charge in [-0.15, -0.1) is 0 Å². The Morgan fingerprint density at radius 1 is 1.13 bits per heavy atom. The molecule has 0 heterocycles. The highest BCUT2D eigenvalue weighted by Gasteiger charge is 2.45. The zero-order valence-corrected chi connectivity index (χ0v) is 8.59. The third-order valence-electron chi connectivity index (χ3n) is 1.67. The Kier molecular flexibility index (Phi) is 3.35. The van der Waals surface area contributed by atoms with Crippen molar-refractivity contribution in [1.82, 2.24) is 0 Å². The number of benzene rings is 1. The summed E-state index contributed by atoms with van der Waals surface area (Å²) in [6.45, 7) is 0. The number of nitrogen functional groups attached to an aromatic ring is 1. The molecule has 0 aliphatic rings. The third-order valence-corrected chi connectivity index (χ3v) is 2.27. The van der Waals surface area contributed by atoms with E-state index in [-0.39, 0.29) is 5.69 Å². The van der Waals surface area contributed by atoms with Crippen LogP contribution in [0.5, 0.6) is 0 Å². The molecule has 0 aliphatic carbocycles. The summed E-state index contributed by atoms with van der Waals surface area (Å²) in [5, 5.41) is -1.16. The van der Waals surface area contributed by atoms with Gasteiger partial charge in [-0.05, 0) is 12.1 Å². The molecular formula is C8H5Cl2F4N. The summed E-state index contributed by atoms with van der Waals surface area (Å²) in [6, 6.07) is 1.89. The predicted molar refractivity (Wildman–Crippen MR) is 50.8 cm³/mol. The van der Waals surface area contributed by atoms with Gasteiger partial charge in [0.15, 0.2) is 0 Å². The van der Waals surface area contributed by atoms with Crippen LogP contribution in [-0.2, 0) is 5.92 Å². The number of halogens is 6. The molecule has 0 spiro atoms. The van der Waals surface area contributed by atoms with Gasteiger partial charge >= 0.3 is 12.3 Å². The van der Waals surface area contributed by atoms with E-state index in [1.165, 1.54) is 0 Å². The summed E-state index contributed by atoms with van der Waals surface area (Å²) >= 11 is 10.8. The Morgan fingerprint density at radius 3 is 1.87 bits per heavy atom. The highest BCUT2D eigenvalue weighted by Crippen LogP contribution is 2.43. The molecule has 2 N–H and O–H groups in total. The van der Waals surface area contributed by atoms with Crippen LogP contribution < -0.4 is 5.73 Å². The van der Waals surface area contributed by atoms with Gasteiger partial charge in [0.1, 0.15) is 0 Å². The normalized spacial score (nSPS) is 12.2. The largest absolute Gasteiger partial charge is 0.399 e. The van der Waals surface area contributed by atoms with Crippen LogP contribution in [0.1, 0.15) is 5.56 Å². The van der Waals surface area contributed by atoms with Crippen molar-refractivity contribution in [2.75, 3.05) is 5.73 Å². The number of anilines is 1. The molecule has 0 saturated heterocycles. The average molecular weight is 262 g/mol. The first-order valence-corrected chi connectivity index (χ1v) is 4.43. The van der Waals surface area contributed by atoms with Gasteiger partial charge in [0, 0.05) is 5.69 Å². The summed E-state index contributed by atoms with van der Waals surface area (Å²) in [4.78, 5) is 0. The summed E-state index contributed by atoms with van der Waals surface area (Å²) in [7, 11) is 0. The second-order valence-corrected chi connectivity index (χ2v) is 3.60. The lowest BCUT2D eigenvalue weighted by molar-refractivity contribution is -0.135. The molecule has 0 radical (unpaired) electrons. The molecule has 0 bridgehead atoms.